The van der Waals surface area contributed by atoms with Crippen molar-refractivity contribution in [1.82, 2.24) is 10.2 Å². The second kappa shape index (κ2) is 6.45. The second-order valence-corrected chi connectivity index (χ2v) is 5.93. The fourth-order valence-electron chi connectivity index (χ4n) is 3.05. The molecule has 0 bridgehead atoms. The number of carbonyl (C=O) groups excluding carboxylic acids is 1. The third-order valence-electron chi connectivity index (χ3n) is 4.24. The Morgan fingerprint density at radius 1 is 1.48 bits per heavy atom. The van der Waals surface area contributed by atoms with Crippen LogP contribution in [0, 0.1) is 0 Å². The van der Waals surface area contributed by atoms with Crippen molar-refractivity contribution in [2.75, 3.05) is 45.2 Å². The number of anilines is 1. The first-order valence-electron chi connectivity index (χ1n) is 7.62. The molecular formula is C16H23N3O2. The van der Waals surface area contributed by atoms with E-state index < -0.39 is 0 Å². The summed E-state index contributed by atoms with van der Waals surface area (Å²) in [6, 6.07) is 8.22. The third-order valence-corrected chi connectivity index (χ3v) is 4.24. The Morgan fingerprint density at radius 2 is 2.33 bits per heavy atom. The summed E-state index contributed by atoms with van der Waals surface area (Å²) >= 11 is 0. The second-order valence-electron chi connectivity index (χ2n) is 5.93. The first-order valence-corrected chi connectivity index (χ1v) is 7.62. The number of nitrogens with zero attached hydrogens (tertiary/aromatic N) is 1. The predicted molar refractivity (Wildman–Crippen MR) is 82.5 cm³/mol. The molecule has 0 radical (unpaired) electrons. The molecule has 2 atom stereocenters. The van der Waals surface area contributed by atoms with E-state index >= 15 is 0 Å². The molecule has 0 aromatic heterocycles. The maximum absolute atomic E-state index is 12.1. The average Bonchev–Trinajstić information content (AvgIpc) is 2.89. The van der Waals surface area contributed by atoms with Crippen LogP contribution in [-0.4, -0.2) is 56.7 Å². The number of fused-ring (bicyclic) bond motifs is 1. The molecule has 3 rings (SSSR count). The molecule has 2 heterocycles. The van der Waals surface area contributed by atoms with Gasteiger partial charge in [-0.3, -0.25) is 4.79 Å². The number of para-hydroxylation sites is 1. The third kappa shape index (κ3) is 3.54. The van der Waals surface area contributed by atoms with Gasteiger partial charge in [0.2, 0.25) is 5.91 Å². The highest BCUT2D eigenvalue weighted by Gasteiger charge is 2.24. The van der Waals surface area contributed by atoms with Gasteiger partial charge in [0.05, 0.1) is 12.7 Å². The van der Waals surface area contributed by atoms with Crippen molar-refractivity contribution in [3.63, 3.8) is 0 Å². The fraction of sp³-hybridized carbons (Fsp3) is 0.562. The van der Waals surface area contributed by atoms with Crippen molar-refractivity contribution >= 4 is 11.6 Å². The van der Waals surface area contributed by atoms with Gasteiger partial charge < -0.3 is 20.3 Å². The van der Waals surface area contributed by atoms with Crippen molar-refractivity contribution in [2.45, 2.75) is 18.4 Å². The number of nitrogens with one attached hydrogen (secondary N) is 2. The molecule has 1 fully saturated rings. The summed E-state index contributed by atoms with van der Waals surface area (Å²) in [6.45, 7) is 4.04. The molecule has 5 heteroatoms. The van der Waals surface area contributed by atoms with Crippen LogP contribution in [0.15, 0.2) is 24.3 Å². The number of benzene rings is 1. The summed E-state index contributed by atoms with van der Waals surface area (Å²) in [5.74, 6) is 0.381. The first-order chi connectivity index (χ1) is 10.2. The van der Waals surface area contributed by atoms with Crippen LogP contribution >= 0.6 is 0 Å². The van der Waals surface area contributed by atoms with Crippen LogP contribution in [0.1, 0.15) is 17.9 Å². The average molecular weight is 289 g/mol. The minimum absolute atomic E-state index is 0.107. The Kier molecular flexibility index (Phi) is 4.41. The summed E-state index contributed by atoms with van der Waals surface area (Å²) in [4.78, 5) is 14.4. The number of likely N-dealkylation sites (N-methyl/N-ethyl adjacent to an activating group) is 1. The van der Waals surface area contributed by atoms with E-state index in [1.807, 2.05) is 12.1 Å². The molecule has 2 N–H and O–H groups in total. The maximum atomic E-state index is 12.1. The Morgan fingerprint density at radius 3 is 3.19 bits per heavy atom. The molecule has 2 unspecified atom stereocenters. The Hall–Kier alpha value is -1.59. The van der Waals surface area contributed by atoms with Crippen molar-refractivity contribution in [3.8, 4) is 0 Å². The van der Waals surface area contributed by atoms with E-state index in [0.717, 1.165) is 31.9 Å². The summed E-state index contributed by atoms with van der Waals surface area (Å²) in [7, 11) is 2.08. The van der Waals surface area contributed by atoms with Gasteiger partial charge in [-0.25, -0.2) is 0 Å². The Balaban J connectivity index is 1.47. The number of hydrogen-bond acceptors (Lipinski definition) is 4. The van der Waals surface area contributed by atoms with Gasteiger partial charge in [-0.05, 0) is 18.7 Å². The van der Waals surface area contributed by atoms with Gasteiger partial charge in [-0.2, -0.15) is 0 Å². The largest absolute Gasteiger partial charge is 0.384 e. The van der Waals surface area contributed by atoms with Crippen LogP contribution in [0.3, 0.4) is 0 Å². The molecule has 0 spiro atoms. The molecule has 5 nitrogen and oxygen atoms in total. The van der Waals surface area contributed by atoms with Crippen LogP contribution in [-0.2, 0) is 9.53 Å². The van der Waals surface area contributed by atoms with Crippen LogP contribution in [0.25, 0.3) is 0 Å². The molecule has 114 valence electrons. The minimum atomic E-state index is 0.107. The summed E-state index contributed by atoms with van der Waals surface area (Å²) in [6.07, 6.45) is 0.647. The van der Waals surface area contributed by atoms with Crippen molar-refractivity contribution in [1.29, 1.82) is 0 Å². The maximum Gasteiger partial charge on any atom is 0.220 e. The molecule has 0 saturated carbocycles. The van der Waals surface area contributed by atoms with E-state index in [1.54, 1.807) is 0 Å². The molecule has 0 aliphatic carbocycles. The minimum Gasteiger partial charge on any atom is -0.384 e. The molecule has 2 aliphatic heterocycles. The lowest BCUT2D eigenvalue weighted by Crippen LogP contribution is -2.46. The van der Waals surface area contributed by atoms with Gasteiger partial charge >= 0.3 is 0 Å². The number of ether oxygens (including phenoxy) is 1. The highest BCUT2D eigenvalue weighted by molar-refractivity contribution is 5.78. The van der Waals surface area contributed by atoms with E-state index in [1.165, 1.54) is 5.56 Å². The topological polar surface area (TPSA) is 53.6 Å². The first kappa shape index (κ1) is 14.4. The Bertz CT molecular complexity index is 506. The van der Waals surface area contributed by atoms with Gasteiger partial charge in [0.25, 0.3) is 0 Å². The van der Waals surface area contributed by atoms with Gasteiger partial charge in [-0.1, -0.05) is 18.2 Å². The van der Waals surface area contributed by atoms with E-state index in [2.05, 4.69) is 34.7 Å². The molecule has 21 heavy (non-hydrogen) atoms. The number of rotatable bonds is 4. The van der Waals surface area contributed by atoms with Crippen molar-refractivity contribution < 1.29 is 9.53 Å². The van der Waals surface area contributed by atoms with Crippen LogP contribution in [0.2, 0.25) is 0 Å². The molecule has 2 aliphatic rings. The quantitative estimate of drug-likeness (QED) is 0.869. The lowest BCUT2D eigenvalue weighted by molar-refractivity contribution is -0.122. The standard InChI is InChI=1S/C16H23N3O2/c1-19-6-7-21-13(11-19)10-18-16(20)8-12-9-17-15-5-3-2-4-14(12)15/h2-5,12-13,17H,6-11H2,1H3,(H,18,20). The zero-order chi connectivity index (χ0) is 14.7. The SMILES string of the molecule is CN1CCOC(CNC(=O)CC2CNc3ccccc32)C1. The molecular weight excluding hydrogens is 266 g/mol. The van der Waals surface area contributed by atoms with Crippen molar-refractivity contribution in [3.05, 3.63) is 29.8 Å². The summed E-state index contributed by atoms with van der Waals surface area (Å²) in [5.41, 5.74) is 2.41. The molecule has 1 saturated heterocycles. The van der Waals surface area contributed by atoms with Crippen LogP contribution in [0.5, 0.6) is 0 Å². The zero-order valence-electron chi connectivity index (χ0n) is 12.5. The van der Waals surface area contributed by atoms with Gasteiger partial charge in [-0.15, -0.1) is 0 Å². The normalized spacial score (nSPS) is 25.2. The lowest BCUT2D eigenvalue weighted by atomic mass is 9.97. The predicted octanol–water partition coefficient (Wildman–Crippen LogP) is 1.03. The van der Waals surface area contributed by atoms with Gasteiger partial charge in [0.15, 0.2) is 0 Å². The van der Waals surface area contributed by atoms with Gasteiger partial charge in [0.1, 0.15) is 0 Å². The van der Waals surface area contributed by atoms with Crippen LogP contribution in [0.4, 0.5) is 5.69 Å². The highest BCUT2D eigenvalue weighted by Crippen LogP contribution is 2.32. The zero-order valence-corrected chi connectivity index (χ0v) is 12.5. The van der Waals surface area contributed by atoms with E-state index in [4.69, 9.17) is 4.74 Å². The number of amides is 1. The molecule has 1 amide bonds. The molecule has 1 aromatic carbocycles. The summed E-state index contributed by atoms with van der Waals surface area (Å²) < 4.78 is 5.66. The Labute approximate surface area is 125 Å². The van der Waals surface area contributed by atoms with E-state index in [0.29, 0.717) is 13.0 Å². The molecule has 1 aromatic rings. The number of morpholine rings is 1. The smallest absolute Gasteiger partial charge is 0.220 e. The monoisotopic (exact) mass is 289 g/mol. The van der Waals surface area contributed by atoms with E-state index in [9.17, 15) is 4.79 Å². The van der Waals surface area contributed by atoms with Crippen molar-refractivity contribution in [2.24, 2.45) is 0 Å². The lowest BCUT2D eigenvalue weighted by Gasteiger charge is -2.30. The number of carbonyl (C=O) groups is 1. The fourth-order valence-corrected chi connectivity index (χ4v) is 3.05. The number of hydrogen-bond donors (Lipinski definition) is 2. The van der Waals surface area contributed by atoms with E-state index in [-0.39, 0.29) is 17.9 Å². The van der Waals surface area contributed by atoms with Gasteiger partial charge in [0, 0.05) is 44.2 Å². The van der Waals surface area contributed by atoms with Crippen LogP contribution < -0.4 is 10.6 Å². The highest BCUT2D eigenvalue weighted by atomic mass is 16.5. The summed E-state index contributed by atoms with van der Waals surface area (Å²) in [5, 5.41) is 6.37.